The summed E-state index contributed by atoms with van der Waals surface area (Å²) in [5.41, 5.74) is 1.41. The molecule has 0 aromatic heterocycles. The van der Waals surface area contributed by atoms with Crippen molar-refractivity contribution >= 4 is 11.6 Å². The van der Waals surface area contributed by atoms with Crippen molar-refractivity contribution in [3.05, 3.63) is 34.9 Å². The summed E-state index contributed by atoms with van der Waals surface area (Å²) in [6.07, 6.45) is 3.87. The van der Waals surface area contributed by atoms with Crippen LogP contribution in [-0.2, 0) is 4.74 Å². The Labute approximate surface area is 132 Å². The minimum atomic E-state index is 0.535. The molecule has 0 bridgehead atoms. The van der Waals surface area contributed by atoms with E-state index in [1.807, 2.05) is 12.1 Å². The van der Waals surface area contributed by atoms with Crippen LogP contribution >= 0.6 is 11.6 Å². The van der Waals surface area contributed by atoms with Gasteiger partial charge >= 0.3 is 0 Å². The van der Waals surface area contributed by atoms with E-state index in [2.05, 4.69) is 21.9 Å². The molecule has 0 saturated carbocycles. The zero-order valence-corrected chi connectivity index (χ0v) is 13.4. The first-order chi connectivity index (χ1) is 10.3. The summed E-state index contributed by atoms with van der Waals surface area (Å²) in [6, 6.07) is 8.98. The predicted octanol–water partition coefficient (Wildman–Crippen LogP) is 3.20. The van der Waals surface area contributed by atoms with E-state index in [-0.39, 0.29) is 0 Å². The summed E-state index contributed by atoms with van der Waals surface area (Å²) in [6.45, 7) is 7.55. The highest BCUT2D eigenvalue weighted by Crippen LogP contribution is 2.29. The fourth-order valence-corrected chi connectivity index (χ4v) is 3.55. The molecule has 3 nitrogen and oxygen atoms in total. The molecular weight excluding hydrogens is 284 g/mol. The number of benzene rings is 1. The van der Waals surface area contributed by atoms with Gasteiger partial charge in [-0.3, -0.25) is 9.80 Å². The fourth-order valence-electron chi connectivity index (χ4n) is 3.43. The predicted molar refractivity (Wildman–Crippen MR) is 86.9 cm³/mol. The summed E-state index contributed by atoms with van der Waals surface area (Å²) in [7, 11) is 0. The number of hydrogen-bond donors (Lipinski definition) is 0. The first kappa shape index (κ1) is 15.3. The van der Waals surface area contributed by atoms with Crippen molar-refractivity contribution in [3.8, 4) is 0 Å². The van der Waals surface area contributed by atoms with Crippen molar-refractivity contribution in [1.82, 2.24) is 9.80 Å². The lowest BCUT2D eigenvalue weighted by molar-refractivity contribution is 0.0336. The van der Waals surface area contributed by atoms with Gasteiger partial charge < -0.3 is 4.74 Å². The minimum absolute atomic E-state index is 0.535. The van der Waals surface area contributed by atoms with Gasteiger partial charge in [-0.2, -0.15) is 0 Å². The van der Waals surface area contributed by atoms with E-state index in [0.717, 1.165) is 37.9 Å². The second-order valence-corrected chi connectivity index (χ2v) is 6.49. The van der Waals surface area contributed by atoms with Gasteiger partial charge in [-0.25, -0.2) is 0 Å². The Balaban J connectivity index is 1.65. The van der Waals surface area contributed by atoms with E-state index >= 15 is 0 Å². The van der Waals surface area contributed by atoms with Crippen LogP contribution in [0.1, 0.15) is 30.9 Å². The second kappa shape index (κ2) is 7.59. The van der Waals surface area contributed by atoms with Gasteiger partial charge in [0.15, 0.2) is 0 Å². The molecule has 0 N–H and O–H groups in total. The number of rotatable bonds is 5. The van der Waals surface area contributed by atoms with Crippen LogP contribution in [0.3, 0.4) is 0 Å². The van der Waals surface area contributed by atoms with E-state index in [0.29, 0.717) is 6.04 Å². The molecule has 1 aromatic carbocycles. The van der Waals surface area contributed by atoms with Gasteiger partial charge in [-0.15, -0.1) is 0 Å². The number of morpholine rings is 1. The standard InChI is InChI=1S/C17H25ClN2O/c18-16-5-3-15(4-6-16)17(20-8-1-2-9-20)7-10-19-11-13-21-14-12-19/h3-6,17H,1-2,7-14H2. The van der Waals surface area contributed by atoms with Gasteiger partial charge in [0.1, 0.15) is 0 Å². The smallest absolute Gasteiger partial charge is 0.0594 e. The maximum absolute atomic E-state index is 6.04. The van der Waals surface area contributed by atoms with Crippen LogP contribution < -0.4 is 0 Å². The highest BCUT2D eigenvalue weighted by atomic mass is 35.5. The third kappa shape index (κ3) is 4.19. The van der Waals surface area contributed by atoms with E-state index in [1.54, 1.807) is 0 Å². The molecule has 2 aliphatic heterocycles. The first-order valence-corrected chi connectivity index (χ1v) is 8.50. The molecule has 1 aromatic rings. The Morgan fingerprint density at radius 1 is 1.00 bits per heavy atom. The van der Waals surface area contributed by atoms with E-state index < -0.39 is 0 Å². The SMILES string of the molecule is Clc1ccc(C(CCN2CCOCC2)N2CCCC2)cc1. The van der Waals surface area contributed by atoms with Crippen molar-refractivity contribution in [3.63, 3.8) is 0 Å². The topological polar surface area (TPSA) is 15.7 Å². The molecule has 21 heavy (non-hydrogen) atoms. The van der Waals surface area contributed by atoms with Gasteiger partial charge in [0, 0.05) is 30.7 Å². The largest absolute Gasteiger partial charge is 0.379 e. The molecule has 0 radical (unpaired) electrons. The van der Waals surface area contributed by atoms with Crippen LogP contribution in [0, 0.1) is 0 Å². The van der Waals surface area contributed by atoms with Crippen LogP contribution in [0.5, 0.6) is 0 Å². The zero-order chi connectivity index (χ0) is 14.5. The summed E-state index contributed by atoms with van der Waals surface area (Å²) < 4.78 is 5.44. The number of ether oxygens (including phenoxy) is 1. The average molecular weight is 309 g/mol. The van der Waals surface area contributed by atoms with Crippen LogP contribution in [0.15, 0.2) is 24.3 Å². The lowest BCUT2D eigenvalue weighted by Crippen LogP contribution is -2.38. The molecule has 2 saturated heterocycles. The number of nitrogens with zero attached hydrogens (tertiary/aromatic N) is 2. The third-order valence-electron chi connectivity index (χ3n) is 4.66. The van der Waals surface area contributed by atoms with Gasteiger partial charge in [-0.05, 0) is 50.0 Å². The second-order valence-electron chi connectivity index (χ2n) is 6.05. The molecule has 3 rings (SSSR count). The Hall–Kier alpha value is -0.610. The molecular formula is C17H25ClN2O. The molecule has 2 fully saturated rings. The van der Waals surface area contributed by atoms with E-state index in [4.69, 9.17) is 16.3 Å². The highest BCUT2D eigenvalue weighted by Gasteiger charge is 2.24. The summed E-state index contributed by atoms with van der Waals surface area (Å²) >= 11 is 6.04. The number of likely N-dealkylation sites (tertiary alicyclic amines) is 1. The zero-order valence-electron chi connectivity index (χ0n) is 12.6. The Kier molecular flexibility index (Phi) is 5.53. The van der Waals surface area contributed by atoms with Gasteiger partial charge in [0.2, 0.25) is 0 Å². The maximum Gasteiger partial charge on any atom is 0.0594 e. The molecule has 1 atom stereocenters. The lowest BCUT2D eigenvalue weighted by atomic mass is 10.0. The Morgan fingerprint density at radius 2 is 1.67 bits per heavy atom. The Morgan fingerprint density at radius 3 is 2.33 bits per heavy atom. The minimum Gasteiger partial charge on any atom is -0.379 e. The molecule has 1 unspecified atom stereocenters. The van der Waals surface area contributed by atoms with E-state index in [1.165, 1.54) is 37.9 Å². The first-order valence-electron chi connectivity index (χ1n) is 8.12. The highest BCUT2D eigenvalue weighted by molar-refractivity contribution is 6.30. The lowest BCUT2D eigenvalue weighted by Gasteiger charge is -2.32. The van der Waals surface area contributed by atoms with Crippen molar-refractivity contribution < 1.29 is 4.74 Å². The van der Waals surface area contributed by atoms with Gasteiger partial charge in [0.25, 0.3) is 0 Å². The monoisotopic (exact) mass is 308 g/mol. The van der Waals surface area contributed by atoms with Crippen LogP contribution in [-0.4, -0.2) is 55.7 Å². The van der Waals surface area contributed by atoms with Crippen LogP contribution in [0.25, 0.3) is 0 Å². The molecule has 4 heteroatoms. The maximum atomic E-state index is 6.04. The molecule has 2 aliphatic rings. The van der Waals surface area contributed by atoms with Gasteiger partial charge in [-0.1, -0.05) is 23.7 Å². The molecule has 116 valence electrons. The summed E-state index contributed by atoms with van der Waals surface area (Å²) in [4.78, 5) is 5.17. The quantitative estimate of drug-likeness (QED) is 0.831. The van der Waals surface area contributed by atoms with Crippen molar-refractivity contribution in [2.45, 2.75) is 25.3 Å². The average Bonchev–Trinajstić information content (AvgIpc) is 3.04. The molecule has 0 spiro atoms. The number of halogens is 1. The van der Waals surface area contributed by atoms with E-state index in [9.17, 15) is 0 Å². The van der Waals surface area contributed by atoms with Crippen LogP contribution in [0.4, 0.5) is 0 Å². The summed E-state index contributed by atoms with van der Waals surface area (Å²) in [5.74, 6) is 0. The van der Waals surface area contributed by atoms with Crippen LogP contribution in [0.2, 0.25) is 5.02 Å². The van der Waals surface area contributed by atoms with Crippen molar-refractivity contribution in [2.24, 2.45) is 0 Å². The summed E-state index contributed by atoms with van der Waals surface area (Å²) in [5, 5.41) is 0.826. The Bertz CT molecular complexity index is 425. The van der Waals surface area contributed by atoms with Crippen molar-refractivity contribution in [2.75, 3.05) is 45.9 Å². The molecule has 0 amide bonds. The molecule has 0 aliphatic carbocycles. The third-order valence-corrected chi connectivity index (χ3v) is 4.91. The van der Waals surface area contributed by atoms with Crippen molar-refractivity contribution in [1.29, 1.82) is 0 Å². The normalized spacial score (nSPS) is 22.5. The molecule has 2 heterocycles. The fraction of sp³-hybridized carbons (Fsp3) is 0.647. The van der Waals surface area contributed by atoms with Gasteiger partial charge in [0.05, 0.1) is 13.2 Å². The number of hydrogen-bond acceptors (Lipinski definition) is 3.